The summed E-state index contributed by atoms with van der Waals surface area (Å²) in [4.78, 5) is 8.09. The van der Waals surface area contributed by atoms with Crippen LogP contribution >= 0.6 is 11.6 Å². The second-order valence-electron chi connectivity index (χ2n) is 7.31. The number of aliphatic hydroxyl groups is 1. The maximum Gasteiger partial charge on any atom is 0.169 e. The van der Waals surface area contributed by atoms with Crippen molar-refractivity contribution < 1.29 is 10.0 Å². The topological polar surface area (TPSA) is 69.5 Å². The van der Waals surface area contributed by atoms with Crippen molar-refractivity contribution in [3.05, 3.63) is 65.1 Å². The van der Waals surface area contributed by atoms with Crippen molar-refractivity contribution in [2.45, 2.75) is 0 Å². The molecule has 0 bridgehead atoms. The van der Waals surface area contributed by atoms with Crippen LogP contribution in [0.1, 0.15) is 5.82 Å². The molecule has 2 aromatic carbocycles. The molecule has 148 valence electrons. The number of fused-ring (bicyclic) bond motifs is 1. The lowest BCUT2D eigenvalue weighted by Gasteiger charge is -2.33. The number of para-hydroxylation sites is 2. The molecule has 0 unspecified atom stereocenters. The molecule has 4 rings (SSSR count). The van der Waals surface area contributed by atoms with Gasteiger partial charge in [-0.05, 0) is 30.3 Å². The van der Waals surface area contributed by atoms with E-state index in [0.29, 0.717) is 12.4 Å². The number of rotatable bonds is 4. The zero-order valence-corrected chi connectivity index (χ0v) is 17.0. The van der Waals surface area contributed by atoms with Crippen LogP contribution in [-0.2, 0) is 7.05 Å². The maximum absolute atomic E-state index is 10.7. The Kier molecular flexibility index (Phi) is 5.43. The molecule has 1 saturated heterocycles. The van der Waals surface area contributed by atoms with Crippen molar-refractivity contribution in [3.8, 4) is 6.07 Å². The van der Waals surface area contributed by atoms with E-state index in [1.807, 2.05) is 54.1 Å². The maximum atomic E-state index is 10.7. The van der Waals surface area contributed by atoms with Gasteiger partial charge in [-0.2, -0.15) is 5.26 Å². The molecule has 7 heteroatoms. The fourth-order valence-corrected chi connectivity index (χ4v) is 4.05. The predicted octanol–water partition coefficient (Wildman–Crippen LogP) is 2.42. The minimum Gasteiger partial charge on any atom is -0.506 e. The van der Waals surface area contributed by atoms with E-state index >= 15 is 0 Å². The van der Waals surface area contributed by atoms with Gasteiger partial charge in [0.05, 0.1) is 37.2 Å². The number of hydrogen-bond acceptors (Lipinski definition) is 4. The summed E-state index contributed by atoms with van der Waals surface area (Å²) in [6, 6.07) is 17.7. The highest BCUT2D eigenvalue weighted by atomic mass is 35.5. The number of benzene rings is 2. The first-order chi connectivity index (χ1) is 14.1. The van der Waals surface area contributed by atoms with Gasteiger partial charge in [0.15, 0.2) is 11.6 Å². The molecular weight excluding hydrogens is 386 g/mol. The Balaban J connectivity index is 1.49. The van der Waals surface area contributed by atoms with Gasteiger partial charge < -0.3 is 19.5 Å². The van der Waals surface area contributed by atoms with E-state index in [9.17, 15) is 10.4 Å². The van der Waals surface area contributed by atoms with E-state index in [1.54, 1.807) is 0 Å². The van der Waals surface area contributed by atoms with Crippen molar-refractivity contribution >= 4 is 33.9 Å². The molecule has 29 heavy (non-hydrogen) atoms. The molecule has 1 aromatic heterocycles. The van der Waals surface area contributed by atoms with E-state index in [1.165, 1.54) is 4.90 Å². The molecule has 0 spiro atoms. The Morgan fingerprint density at radius 2 is 1.97 bits per heavy atom. The van der Waals surface area contributed by atoms with Gasteiger partial charge in [-0.15, -0.1) is 0 Å². The first-order valence-corrected chi connectivity index (χ1v) is 10.0. The third-order valence-corrected chi connectivity index (χ3v) is 5.71. The minimum atomic E-state index is 0.0945. The molecule has 0 aliphatic carbocycles. The van der Waals surface area contributed by atoms with Gasteiger partial charge in [-0.25, -0.2) is 4.98 Å². The second kappa shape index (κ2) is 8.16. The molecule has 1 aliphatic rings. The number of halogens is 1. The molecule has 1 fully saturated rings. The summed E-state index contributed by atoms with van der Waals surface area (Å²) in [6.07, 6.45) is 0. The molecule has 6 nitrogen and oxygen atoms in total. The number of aliphatic hydroxyl groups excluding tert-OH is 1. The van der Waals surface area contributed by atoms with Crippen molar-refractivity contribution in [1.82, 2.24) is 9.55 Å². The van der Waals surface area contributed by atoms with Crippen LogP contribution in [0, 0.1) is 11.3 Å². The lowest BCUT2D eigenvalue weighted by atomic mass is 10.2. The van der Waals surface area contributed by atoms with Gasteiger partial charge in [0.25, 0.3) is 0 Å². The lowest BCUT2D eigenvalue weighted by molar-refractivity contribution is -0.897. The summed E-state index contributed by atoms with van der Waals surface area (Å²) in [7, 11) is 1.87. The average Bonchev–Trinajstić information content (AvgIpc) is 3.06. The fraction of sp³-hybridized carbons (Fsp3) is 0.273. The largest absolute Gasteiger partial charge is 0.506 e. The van der Waals surface area contributed by atoms with E-state index in [-0.39, 0.29) is 11.3 Å². The molecule has 0 atom stereocenters. The molecule has 0 radical (unpaired) electrons. The number of nitriles is 1. The molecule has 0 amide bonds. The van der Waals surface area contributed by atoms with Gasteiger partial charge in [0.2, 0.25) is 0 Å². The number of aryl methyl sites for hydroxylation is 1. The standard InChI is InChI=1S/C22H22ClN5O/c1-26-20-8-3-2-7-19(20)25-22(26)18(14-24)21(29)15-27-9-11-28(12-10-27)17-6-4-5-16(23)13-17/h2-8,13,29H,9-12,15H2,1H3/p+1/b21-18-. The highest BCUT2D eigenvalue weighted by Gasteiger charge is 2.24. The smallest absolute Gasteiger partial charge is 0.169 e. The average molecular weight is 409 g/mol. The van der Waals surface area contributed by atoms with Gasteiger partial charge >= 0.3 is 0 Å². The number of anilines is 1. The Hall–Kier alpha value is -3.01. The van der Waals surface area contributed by atoms with Crippen LogP contribution in [0.15, 0.2) is 54.3 Å². The number of quaternary nitrogens is 1. The third-order valence-electron chi connectivity index (χ3n) is 5.47. The van der Waals surface area contributed by atoms with Gasteiger partial charge in [-0.3, -0.25) is 0 Å². The Morgan fingerprint density at radius 1 is 1.21 bits per heavy atom. The monoisotopic (exact) mass is 408 g/mol. The quantitative estimate of drug-likeness (QED) is 0.514. The van der Waals surface area contributed by atoms with Gasteiger partial charge in [0.1, 0.15) is 18.2 Å². The molecule has 2 N–H and O–H groups in total. The van der Waals surface area contributed by atoms with Crippen LogP contribution in [-0.4, -0.2) is 47.4 Å². The summed E-state index contributed by atoms with van der Waals surface area (Å²) in [5.74, 6) is 0.597. The van der Waals surface area contributed by atoms with Gasteiger partial charge in [-0.1, -0.05) is 29.8 Å². The highest BCUT2D eigenvalue weighted by molar-refractivity contribution is 6.30. The molecule has 1 aliphatic heterocycles. The van der Waals surface area contributed by atoms with Crippen LogP contribution < -0.4 is 9.80 Å². The molecule has 3 aromatic rings. The summed E-state index contributed by atoms with van der Waals surface area (Å²) in [5.41, 5.74) is 3.11. The summed E-state index contributed by atoms with van der Waals surface area (Å²) < 4.78 is 1.86. The van der Waals surface area contributed by atoms with E-state index in [4.69, 9.17) is 11.6 Å². The van der Waals surface area contributed by atoms with E-state index in [2.05, 4.69) is 22.0 Å². The van der Waals surface area contributed by atoms with Crippen LogP contribution in [0.2, 0.25) is 5.02 Å². The lowest BCUT2D eigenvalue weighted by Crippen LogP contribution is -3.15. The van der Waals surface area contributed by atoms with E-state index < -0.39 is 0 Å². The molecule has 2 heterocycles. The second-order valence-corrected chi connectivity index (χ2v) is 7.75. The van der Waals surface area contributed by atoms with E-state index in [0.717, 1.165) is 47.9 Å². The molecule has 0 saturated carbocycles. The van der Waals surface area contributed by atoms with Gasteiger partial charge in [0, 0.05) is 17.8 Å². The SMILES string of the molecule is Cn1c(/C(C#N)=C(\O)C[NH+]2CCN(c3cccc(Cl)c3)CC2)nc2ccccc21. The van der Waals surface area contributed by atoms with Crippen molar-refractivity contribution in [2.75, 3.05) is 37.6 Å². The van der Waals surface area contributed by atoms with Crippen LogP contribution in [0.5, 0.6) is 0 Å². The Labute approximate surface area is 174 Å². The normalized spacial score (nSPS) is 16.0. The van der Waals surface area contributed by atoms with Crippen molar-refractivity contribution in [2.24, 2.45) is 7.05 Å². The Morgan fingerprint density at radius 3 is 2.66 bits per heavy atom. The highest BCUT2D eigenvalue weighted by Crippen LogP contribution is 2.22. The number of hydrogen-bond donors (Lipinski definition) is 2. The van der Waals surface area contributed by atoms with Crippen LogP contribution in [0.4, 0.5) is 5.69 Å². The summed E-state index contributed by atoms with van der Waals surface area (Å²) in [6.45, 7) is 3.90. The number of piperazine rings is 1. The van der Waals surface area contributed by atoms with Crippen molar-refractivity contribution in [3.63, 3.8) is 0 Å². The number of allylic oxidation sites excluding steroid dienone is 1. The first kappa shape index (κ1) is 19.3. The molecular formula is C22H23ClN5O+. The summed E-state index contributed by atoms with van der Waals surface area (Å²) >= 11 is 6.10. The van der Waals surface area contributed by atoms with Crippen LogP contribution in [0.3, 0.4) is 0 Å². The zero-order chi connectivity index (χ0) is 20.4. The number of aromatic nitrogens is 2. The van der Waals surface area contributed by atoms with Crippen LogP contribution in [0.25, 0.3) is 16.6 Å². The summed E-state index contributed by atoms with van der Waals surface area (Å²) in [5, 5.41) is 21.2. The number of nitrogens with zero attached hydrogens (tertiary/aromatic N) is 4. The Bertz CT molecular complexity index is 1110. The fourth-order valence-electron chi connectivity index (χ4n) is 3.87. The first-order valence-electron chi connectivity index (χ1n) is 9.65. The zero-order valence-electron chi connectivity index (χ0n) is 16.3. The minimum absolute atomic E-state index is 0.0945. The number of nitrogens with one attached hydrogen (secondary N) is 1. The number of imidazole rings is 1. The van der Waals surface area contributed by atoms with Crippen molar-refractivity contribution in [1.29, 1.82) is 5.26 Å². The predicted molar refractivity (Wildman–Crippen MR) is 115 cm³/mol. The third kappa shape index (κ3) is 3.93.